The summed E-state index contributed by atoms with van der Waals surface area (Å²) >= 11 is 4.35. The van der Waals surface area contributed by atoms with Crippen molar-refractivity contribution in [3.8, 4) is 0 Å². The SMILES string of the molecule is CCC(C)N(C(=O)C(CS)NC(=O)OC(C)(C)C)C(C(=O)NCc1ccccc1)c1c(C)cccc1C. The fraction of sp³-hybridized carbons (Fsp3) is 0.483. The summed E-state index contributed by atoms with van der Waals surface area (Å²) in [6.07, 6.45) is -0.0913. The maximum Gasteiger partial charge on any atom is 0.408 e. The molecule has 0 aromatic heterocycles. The number of benzene rings is 2. The maximum absolute atomic E-state index is 14.0. The molecule has 0 saturated heterocycles. The number of aryl methyl sites for hydroxylation is 2. The van der Waals surface area contributed by atoms with Gasteiger partial charge in [-0.1, -0.05) is 55.5 Å². The summed E-state index contributed by atoms with van der Waals surface area (Å²) in [5, 5.41) is 5.69. The molecule has 0 bridgehead atoms. The monoisotopic (exact) mass is 527 g/mol. The lowest BCUT2D eigenvalue weighted by molar-refractivity contribution is -0.144. The molecule has 0 aliphatic carbocycles. The van der Waals surface area contributed by atoms with Crippen LogP contribution in [-0.2, 0) is 20.9 Å². The van der Waals surface area contributed by atoms with Crippen molar-refractivity contribution in [2.75, 3.05) is 5.75 Å². The molecule has 0 aliphatic heterocycles. The number of hydrogen-bond donors (Lipinski definition) is 3. The van der Waals surface area contributed by atoms with Crippen LogP contribution in [0.3, 0.4) is 0 Å². The minimum absolute atomic E-state index is 0.0517. The molecule has 37 heavy (non-hydrogen) atoms. The highest BCUT2D eigenvalue weighted by Gasteiger charge is 2.39. The third kappa shape index (κ3) is 8.52. The number of ether oxygens (including phenoxy) is 1. The van der Waals surface area contributed by atoms with Gasteiger partial charge in [-0.05, 0) is 70.2 Å². The lowest BCUT2D eigenvalue weighted by Crippen LogP contribution is -2.56. The molecule has 3 atom stereocenters. The van der Waals surface area contributed by atoms with Crippen molar-refractivity contribution >= 4 is 30.5 Å². The quantitative estimate of drug-likeness (QED) is 0.375. The van der Waals surface area contributed by atoms with Crippen molar-refractivity contribution in [1.29, 1.82) is 0 Å². The van der Waals surface area contributed by atoms with Gasteiger partial charge in [-0.2, -0.15) is 12.6 Å². The fourth-order valence-electron chi connectivity index (χ4n) is 4.15. The zero-order valence-corrected chi connectivity index (χ0v) is 23.9. The average molecular weight is 528 g/mol. The number of thiol groups is 1. The van der Waals surface area contributed by atoms with Crippen LogP contribution in [0.2, 0.25) is 0 Å². The van der Waals surface area contributed by atoms with E-state index in [9.17, 15) is 14.4 Å². The van der Waals surface area contributed by atoms with E-state index in [0.717, 1.165) is 22.3 Å². The van der Waals surface area contributed by atoms with Crippen LogP contribution in [0, 0.1) is 13.8 Å². The van der Waals surface area contributed by atoms with Gasteiger partial charge in [0.25, 0.3) is 0 Å². The van der Waals surface area contributed by atoms with Crippen LogP contribution in [0.15, 0.2) is 48.5 Å². The second kappa shape index (κ2) is 13.5. The van der Waals surface area contributed by atoms with Gasteiger partial charge in [-0.15, -0.1) is 0 Å². The Morgan fingerprint density at radius 2 is 1.59 bits per heavy atom. The van der Waals surface area contributed by atoms with E-state index in [-0.39, 0.29) is 17.7 Å². The van der Waals surface area contributed by atoms with Gasteiger partial charge in [0, 0.05) is 18.3 Å². The molecule has 2 rings (SSSR count). The third-order valence-corrected chi connectivity index (χ3v) is 6.51. The highest BCUT2D eigenvalue weighted by Crippen LogP contribution is 2.31. The van der Waals surface area contributed by atoms with E-state index in [2.05, 4.69) is 23.3 Å². The number of nitrogens with one attached hydrogen (secondary N) is 2. The third-order valence-electron chi connectivity index (χ3n) is 6.14. The molecule has 2 aromatic carbocycles. The van der Waals surface area contributed by atoms with Crippen molar-refractivity contribution in [2.45, 2.75) is 85.2 Å². The first-order chi connectivity index (χ1) is 17.4. The summed E-state index contributed by atoms with van der Waals surface area (Å²) in [6, 6.07) is 13.3. The molecule has 0 fully saturated rings. The van der Waals surface area contributed by atoms with Crippen LogP contribution in [-0.4, -0.2) is 46.2 Å². The average Bonchev–Trinajstić information content (AvgIpc) is 2.84. The second-order valence-corrected chi connectivity index (χ2v) is 10.7. The van der Waals surface area contributed by atoms with Gasteiger partial charge in [-0.25, -0.2) is 4.79 Å². The van der Waals surface area contributed by atoms with Gasteiger partial charge in [0.05, 0.1) is 0 Å². The first-order valence-corrected chi connectivity index (χ1v) is 13.3. The molecule has 2 N–H and O–H groups in total. The van der Waals surface area contributed by atoms with Crippen LogP contribution in [0.1, 0.15) is 69.3 Å². The Balaban J connectivity index is 2.50. The highest BCUT2D eigenvalue weighted by atomic mass is 32.1. The minimum Gasteiger partial charge on any atom is -0.444 e. The summed E-state index contributed by atoms with van der Waals surface area (Å²) in [6.45, 7) is 13.3. The van der Waals surface area contributed by atoms with Gasteiger partial charge in [-0.3, -0.25) is 9.59 Å². The molecule has 3 amide bonds. The van der Waals surface area contributed by atoms with E-state index in [4.69, 9.17) is 4.74 Å². The molecule has 202 valence electrons. The Kier molecular flexibility index (Phi) is 11.0. The van der Waals surface area contributed by atoms with Crippen LogP contribution in [0.4, 0.5) is 4.79 Å². The Morgan fingerprint density at radius 3 is 2.11 bits per heavy atom. The van der Waals surface area contributed by atoms with E-state index in [1.807, 2.05) is 76.2 Å². The van der Waals surface area contributed by atoms with Gasteiger partial charge < -0.3 is 20.3 Å². The van der Waals surface area contributed by atoms with Crippen molar-refractivity contribution in [3.63, 3.8) is 0 Å². The number of rotatable bonds is 10. The Hall–Kier alpha value is -3.00. The number of nitrogens with zero attached hydrogens (tertiary/aromatic N) is 1. The molecule has 2 aromatic rings. The molecule has 0 aliphatic rings. The Morgan fingerprint density at radius 1 is 1.00 bits per heavy atom. The van der Waals surface area contributed by atoms with Crippen LogP contribution >= 0.6 is 12.6 Å². The number of amides is 3. The van der Waals surface area contributed by atoms with E-state index in [1.54, 1.807) is 25.7 Å². The summed E-state index contributed by atoms with van der Waals surface area (Å²) in [7, 11) is 0. The van der Waals surface area contributed by atoms with Crippen molar-refractivity contribution in [2.24, 2.45) is 0 Å². The number of alkyl carbamates (subject to hydrolysis) is 1. The summed E-state index contributed by atoms with van der Waals surface area (Å²) < 4.78 is 5.37. The first kappa shape index (κ1) is 30.2. The topological polar surface area (TPSA) is 87.7 Å². The molecule has 0 heterocycles. The van der Waals surface area contributed by atoms with Gasteiger partial charge in [0.15, 0.2) is 0 Å². The zero-order chi connectivity index (χ0) is 27.8. The van der Waals surface area contributed by atoms with Crippen molar-refractivity contribution in [3.05, 3.63) is 70.8 Å². The van der Waals surface area contributed by atoms with E-state index >= 15 is 0 Å². The zero-order valence-electron chi connectivity index (χ0n) is 23.0. The first-order valence-electron chi connectivity index (χ1n) is 12.7. The van der Waals surface area contributed by atoms with Crippen LogP contribution in [0.5, 0.6) is 0 Å². The summed E-state index contributed by atoms with van der Waals surface area (Å²) in [5.41, 5.74) is 2.82. The van der Waals surface area contributed by atoms with E-state index in [0.29, 0.717) is 13.0 Å². The molecule has 0 radical (unpaired) electrons. The standard InChI is InChI=1S/C29H41N3O4S/c1-8-21(4)32(27(34)23(18-37)31-28(35)36-29(5,6)7)25(24-19(2)13-12-14-20(24)3)26(33)30-17-22-15-10-9-11-16-22/h9-16,21,23,25,37H,8,17-18H2,1-7H3,(H,30,33)(H,31,35). The molecule has 0 spiro atoms. The van der Waals surface area contributed by atoms with Crippen molar-refractivity contribution in [1.82, 2.24) is 15.5 Å². The molecule has 0 saturated carbocycles. The van der Waals surface area contributed by atoms with E-state index < -0.39 is 29.7 Å². The summed E-state index contributed by atoms with van der Waals surface area (Å²) in [5.74, 6) is -0.626. The number of carbonyl (C=O) groups is 3. The fourth-order valence-corrected chi connectivity index (χ4v) is 4.40. The predicted molar refractivity (Wildman–Crippen MR) is 151 cm³/mol. The van der Waals surface area contributed by atoms with Gasteiger partial charge in [0.1, 0.15) is 17.7 Å². The lowest BCUT2D eigenvalue weighted by Gasteiger charge is -2.39. The second-order valence-electron chi connectivity index (χ2n) is 10.3. The number of hydrogen-bond acceptors (Lipinski definition) is 5. The molecular formula is C29H41N3O4S. The smallest absolute Gasteiger partial charge is 0.408 e. The Labute approximate surface area is 226 Å². The normalized spacial score (nSPS) is 13.7. The lowest BCUT2D eigenvalue weighted by atomic mass is 9.92. The largest absolute Gasteiger partial charge is 0.444 e. The summed E-state index contributed by atoms with van der Waals surface area (Å²) in [4.78, 5) is 42.0. The van der Waals surface area contributed by atoms with Crippen LogP contribution in [0.25, 0.3) is 0 Å². The maximum atomic E-state index is 14.0. The molecular weight excluding hydrogens is 486 g/mol. The predicted octanol–water partition coefficient (Wildman–Crippen LogP) is 5.11. The van der Waals surface area contributed by atoms with E-state index in [1.165, 1.54) is 0 Å². The van der Waals surface area contributed by atoms with Gasteiger partial charge >= 0.3 is 6.09 Å². The minimum atomic E-state index is -0.971. The number of carbonyl (C=O) groups excluding carboxylic acids is 3. The molecule has 7 nitrogen and oxygen atoms in total. The molecule has 3 unspecified atom stereocenters. The Bertz CT molecular complexity index is 1050. The highest BCUT2D eigenvalue weighted by molar-refractivity contribution is 7.80. The van der Waals surface area contributed by atoms with Crippen molar-refractivity contribution < 1.29 is 19.1 Å². The van der Waals surface area contributed by atoms with Gasteiger partial charge in [0.2, 0.25) is 11.8 Å². The van der Waals surface area contributed by atoms with Crippen LogP contribution < -0.4 is 10.6 Å². The molecule has 8 heteroatoms.